The van der Waals surface area contributed by atoms with Crippen molar-refractivity contribution in [2.24, 2.45) is 0 Å². The van der Waals surface area contributed by atoms with Crippen LogP contribution in [0.2, 0.25) is 0 Å². The lowest BCUT2D eigenvalue weighted by molar-refractivity contribution is -0.116. The number of rotatable bonds is 7. The molecule has 0 bridgehead atoms. The summed E-state index contributed by atoms with van der Waals surface area (Å²) in [4.78, 5) is 11.9. The van der Waals surface area contributed by atoms with Crippen LogP contribution in [0.5, 0.6) is 0 Å². The molecule has 2 aromatic rings. The van der Waals surface area contributed by atoms with Crippen LogP contribution < -0.4 is 10.6 Å². The normalized spacial score (nSPS) is 9.90. The lowest BCUT2D eigenvalue weighted by Gasteiger charge is -2.07. The largest absolute Gasteiger partial charge is 0.382 e. The van der Waals surface area contributed by atoms with Gasteiger partial charge in [-0.2, -0.15) is 0 Å². The van der Waals surface area contributed by atoms with Gasteiger partial charge < -0.3 is 10.6 Å². The molecule has 21 heavy (non-hydrogen) atoms. The molecule has 1 amide bonds. The van der Waals surface area contributed by atoms with E-state index in [9.17, 15) is 4.79 Å². The first-order valence-corrected chi connectivity index (χ1v) is 7.06. The van der Waals surface area contributed by atoms with E-state index < -0.39 is 0 Å². The van der Waals surface area contributed by atoms with Crippen LogP contribution in [-0.4, -0.2) is 12.5 Å². The van der Waals surface area contributed by atoms with Crippen LogP contribution in [0, 0.1) is 0 Å². The smallest absolute Gasteiger partial charge is 0.224 e. The molecule has 2 aromatic carbocycles. The molecule has 0 aliphatic heterocycles. The average molecular weight is 280 g/mol. The number of anilines is 2. The third-order valence-corrected chi connectivity index (χ3v) is 3.10. The Morgan fingerprint density at radius 3 is 2.33 bits per heavy atom. The Labute approximate surface area is 125 Å². The molecule has 0 aliphatic rings. The second-order valence-electron chi connectivity index (χ2n) is 4.78. The molecule has 2 rings (SSSR count). The highest BCUT2D eigenvalue weighted by atomic mass is 16.1. The Kier molecular flexibility index (Phi) is 5.59. The van der Waals surface area contributed by atoms with E-state index in [4.69, 9.17) is 0 Å². The van der Waals surface area contributed by atoms with Crippen LogP contribution >= 0.6 is 0 Å². The first-order valence-electron chi connectivity index (χ1n) is 7.06. The molecular weight excluding hydrogens is 260 g/mol. The van der Waals surface area contributed by atoms with Crippen molar-refractivity contribution in [1.82, 2.24) is 0 Å². The fraction of sp³-hybridized carbons (Fsp3) is 0.167. The lowest BCUT2D eigenvalue weighted by Crippen LogP contribution is -2.12. The van der Waals surface area contributed by atoms with Crippen molar-refractivity contribution in [1.29, 1.82) is 0 Å². The molecule has 3 heteroatoms. The van der Waals surface area contributed by atoms with Crippen molar-refractivity contribution in [2.75, 3.05) is 17.2 Å². The summed E-state index contributed by atoms with van der Waals surface area (Å²) in [7, 11) is 0. The fourth-order valence-corrected chi connectivity index (χ4v) is 1.99. The molecule has 0 fully saturated rings. The summed E-state index contributed by atoms with van der Waals surface area (Å²) in [6.07, 6.45) is 3.05. The van der Waals surface area contributed by atoms with Crippen LogP contribution in [0.25, 0.3) is 0 Å². The average Bonchev–Trinajstić information content (AvgIpc) is 2.53. The highest BCUT2D eigenvalue weighted by Gasteiger charge is 2.03. The van der Waals surface area contributed by atoms with Gasteiger partial charge in [0.2, 0.25) is 5.91 Å². The molecule has 0 atom stereocenters. The number of hydrogen-bond donors (Lipinski definition) is 2. The van der Waals surface area contributed by atoms with Crippen LogP contribution in [0.1, 0.15) is 12.0 Å². The fourth-order valence-electron chi connectivity index (χ4n) is 1.99. The predicted octanol–water partition coefficient (Wildman–Crippen LogP) is 3.86. The molecule has 3 nitrogen and oxygen atoms in total. The predicted molar refractivity (Wildman–Crippen MR) is 88.5 cm³/mol. The van der Waals surface area contributed by atoms with Gasteiger partial charge in [0.05, 0.1) is 0 Å². The van der Waals surface area contributed by atoms with E-state index in [2.05, 4.69) is 17.2 Å². The maximum atomic E-state index is 11.9. The number of aryl methyl sites for hydroxylation is 1. The van der Waals surface area contributed by atoms with Crippen molar-refractivity contribution in [3.8, 4) is 0 Å². The van der Waals surface area contributed by atoms with Gasteiger partial charge in [-0.25, -0.2) is 0 Å². The number of carbonyl (C=O) groups is 1. The van der Waals surface area contributed by atoms with Gasteiger partial charge in [0.1, 0.15) is 0 Å². The zero-order valence-corrected chi connectivity index (χ0v) is 12.0. The summed E-state index contributed by atoms with van der Waals surface area (Å²) in [6.45, 7) is 4.38. The van der Waals surface area contributed by atoms with Gasteiger partial charge in [0, 0.05) is 24.3 Å². The van der Waals surface area contributed by atoms with Gasteiger partial charge in [0.15, 0.2) is 0 Å². The molecule has 0 radical (unpaired) electrons. The van der Waals surface area contributed by atoms with Gasteiger partial charge in [-0.1, -0.05) is 36.4 Å². The Balaban J connectivity index is 1.80. The monoisotopic (exact) mass is 280 g/mol. The van der Waals surface area contributed by atoms with Crippen molar-refractivity contribution >= 4 is 17.3 Å². The molecule has 108 valence electrons. The van der Waals surface area contributed by atoms with Gasteiger partial charge >= 0.3 is 0 Å². The Morgan fingerprint density at radius 1 is 1.00 bits per heavy atom. The van der Waals surface area contributed by atoms with Crippen molar-refractivity contribution in [3.05, 3.63) is 72.8 Å². The molecule has 0 saturated carbocycles. The van der Waals surface area contributed by atoms with E-state index in [1.807, 2.05) is 54.6 Å². The van der Waals surface area contributed by atoms with E-state index in [0.717, 1.165) is 24.3 Å². The molecule has 2 N–H and O–H groups in total. The summed E-state index contributed by atoms with van der Waals surface area (Å²) in [5, 5.41) is 6.10. The zero-order chi connectivity index (χ0) is 14.9. The van der Waals surface area contributed by atoms with E-state index in [-0.39, 0.29) is 5.91 Å². The summed E-state index contributed by atoms with van der Waals surface area (Å²) in [5.74, 6) is 0.0330. The second kappa shape index (κ2) is 7.90. The SMILES string of the molecule is C=CCNc1ccc(NC(=O)CCc2ccccc2)cc1. The minimum absolute atomic E-state index is 0.0330. The van der Waals surface area contributed by atoms with Crippen molar-refractivity contribution in [2.45, 2.75) is 12.8 Å². The van der Waals surface area contributed by atoms with E-state index in [0.29, 0.717) is 6.42 Å². The topological polar surface area (TPSA) is 41.1 Å². The summed E-state index contributed by atoms with van der Waals surface area (Å²) < 4.78 is 0. The molecule has 0 aromatic heterocycles. The highest BCUT2D eigenvalue weighted by Crippen LogP contribution is 2.14. The number of nitrogens with one attached hydrogen (secondary N) is 2. The molecular formula is C18H20N2O. The van der Waals surface area contributed by atoms with Crippen LogP contribution in [0.4, 0.5) is 11.4 Å². The number of carbonyl (C=O) groups excluding carboxylic acids is 1. The van der Waals surface area contributed by atoms with E-state index in [1.165, 1.54) is 5.56 Å². The van der Waals surface area contributed by atoms with Gasteiger partial charge in [0.25, 0.3) is 0 Å². The van der Waals surface area contributed by atoms with Crippen molar-refractivity contribution in [3.63, 3.8) is 0 Å². The molecule has 0 spiro atoms. The van der Waals surface area contributed by atoms with Crippen LogP contribution in [-0.2, 0) is 11.2 Å². The Hall–Kier alpha value is -2.55. The van der Waals surface area contributed by atoms with Gasteiger partial charge in [-0.3, -0.25) is 4.79 Å². The zero-order valence-electron chi connectivity index (χ0n) is 12.0. The minimum atomic E-state index is 0.0330. The summed E-state index contributed by atoms with van der Waals surface area (Å²) in [6, 6.07) is 17.7. The lowest BCUT2D eigenvalue weighted by atomic mass is 10.1. The van der Waals surface area contributed by atoms with Crippen LogP contribution in [0.15, 0.2) is 67.3 Å². The van der Waals surface area contributed by atoms with E-state index >= 15 is 0 Å². The van der Waals surface area contributed by atoms with Gasteiger partial charge in [-0.15, -0.1) is 6.58 Å². The number of benzene rings is 2. The van der Waals surface area contributed by atoms with Gasteiger partial charge in [-0.05, 0) is 36.2 Å². The minimum Gasteiger partial charge on any atom is -0.382 e. The second-order valence-corrected chi connectivity index (χ2v) is 4.78. The summed E-state index contributed by atoms with van der Waals surface area (Å²) >= 11 is 0. The van der Waals surface area contributed by atoms with Crippen LogP contribution in [0.3, 0.4) is 0 Å². The maximum Gasteiger partial charge on any atom is 0.224 e. The van der Waals surface area contributed by atoms with E-state index in [1.54, 1.807) is 6.08 Å². The maximum absolute atomic E-state index is 11.9. The molecule has 0 aliphatic carbocycles. The first-order chi connectivity index (χ1) is 10.3. The number of hydrogen-bond acceptors (Lipinski definition) is 2. The first kappa shape index (κ1) is 14.9. The molecule has 0 heterocycles. The highest BCUT2D eigenvalue weighted by molar-refractivity contribution is 5.91. The third-order valence-electron chi connectivity index (χ3n) is 3.10. The molecule has 0 saturated heterocycles. The summed E-state index contributed by atoms with van der Waals surface area (Å²) in [5.41, 5.74) is 3.01. The molecule has 0 unspecified atom stereocenters. The third kappa shape index (κ3) is 5.15. The van der Waals surface area contributed by atoms with Crippen molar-refractivity contribution < 1.29 is 4.79 Å². The Morgan fingerprint density at radius 2 is 1.67 bits per heavy atom. The quantitative estimate of drug-likeness (QED) is 0.756. The standard InChI is InChI=1S/C18H20N2O/c1-2-14-19-16-9-11-17(12-10-16)20-18(21)13-8-15-6-4-3-5-7-15/h2-7,9-12,19H,1,8,13-14H2,(H,20,21). The number of amides is 1. The Bertz CT molecular complexity index is 576.